The van der Waals surface area contributed by atoms with E-state index in [9.17, 15) is 14.4 Å². The fourth-order valence-electron chi connectivity index (χ4n) is 6.60. The van der Waals surface area contributed by atoms with Gasteiger partial charge in [0.05, 0.1) is 24.6 Å². The molecule has 0 aromatic heterocycles. The molecule has 3 fully saturated rings. The van der Waals surface area contributed by atoms with Crippen LogP contribution in [-0.2, 0) is 19.9 Å². The molecule has 4 aliphatic rings. The van der Waals surface area contributed by atoms with Gasteiger partial charge in [-0.2, -0.15) is 0 Å². The summed E-state index contributed by atoms with van der Waals surface area (Å²) in [5, 5.41) is 3.54. The molecule has 8 heteroatoms. The van der Waals surface area contributed by atoms with E-state index in [2.05, 4.69) is 10.2 Å². The minimum absolute atomic E-state index is 0.159. The van der Waals surface area contributed by atoms with Gasteiger partial charge in [0.2, 0.25) is 17.7 Å². The molecule has 2 aromatic rings. The third-order valence-corrected chi connectivity index (χ3v) is 8.34. The zero-order chi connectivity index (χ0) is 23.2. The Morgan fingerprint density at radius 2 is 1.91 bits per heavy atom. The van der Waals surface area contributed by atoms with E-state index >= 15 is 0 Å². The highest BCUT2D eigenvalue weighted by Crippen LogP contribution is 2.61. The molecule has 170 valence electrons. The van der Waals surface area contributed by atoms with Crippen LogP contribution >= 0.6 is 11.6 Å². The second-order valence-electron chi connectivity index (χ2n) is 9.41. The molecule has 0 aliphatic carbocycles. The van der Waals surface area contributed by atoms with E-state index < -0.39 is 17.4 Å². The van der Waals surface area contributed by atoms with Gasteiger partial charge in [0.1, 0.15) is 11.3 Å². The second-order valence-corrected chi connectivity index (χ2v) is 9.82. The van der Waals surface area contributed by atoms with E-state index in [1.165, 1.54) is 12.0 Å². The summed E-state index contributed by atoms with van der Waals surface area (Å²) in [4.78, 5) is 45.1. The lowest BCUT2D eigenvalue weighted by molar-refractivity contribution is -0.135. The van der Waals surface area contributed by atoms with E-state index in [-0.39, 0.29) is 23.8 Å². The lowest BCUT2D eigenvalue weighted by atomic mass is 9.75. The van der Waals surface area contributed by atoms with Crippen LogP contribution < -0.4 is 15.0 Å². The van der Waals surface area contributed by atoms with Crippen molar-refractivity contribution < 1.29 is 19.1 Å². The van der Waals surface area contributed by atoms with Gasteiger partial charge in [-0.1, -0.05) is 29.8 Å². The number of amides is 3. The van der Waals surface area contributed by atoms with Gasteiger partial charge < -0.3 is 10.1 Å². The smallest absolute Gasteiger partial charge is 0.250 e. The minimum atomic E-state index is -1.18. The summed E-state index contributed by atoms with van der Waals surface area (Å²) in [5.74, 6) is -1.86. The van der Waals surface area contributed by atoms with Crippen LogP contribution in [0.15, 0.2) is 30.3 Å². The first-order valence-corrected chi connectivity index (χ1v) is 11.6. The number of ether oxygens (including phenoxy) is 1. The Morgan fingerprint density at radius 3 is 2.67 bits per heavy atom. The number of aryl methyl sites for hydroxylation is 2. The second kappa shape index (κ2) is 6.81. The van der Waals surface area contributed by atoms with Crippen LogP contribution in [0.5, 0.6) is 5.75 Å². The van der Waals surface area contributed by atoms with Gasteiger partial charge >= 0.3 is 0 Å². The van der Waals surface area contributed by atoms with Crippen LogP contribution in [0.1, 0.15) is 29.5 Å². The van der Waals surface area contributed by atoms with Gasteiger partial charge in [-0.15, -0.1) is 0 Å². The maximum atomic E-state index is 14.1. The Morgan fingerprint density at radius 1 is 1.12 bits per heavy atom. The number of hydrogen-bond donors (Lipinski definition) is 1. The third kappa shape index (κ3) is 2.36. The van der Waals surface area contributed by atoms with Crippen molar-refractivity contribution in [1.82, 2.24) is 4.90 Å². The van der Waals surface area contributed by atoms with E-state index in [1.54, 1.807) is 12.1 Å². The molecule has 6 rings (SSSR count). The van der Waals surface area contributed by atoms with Gasteiger partial charge in [0, 0.05) is 28.4 Å². The van der Waals surface area contributed by atoms with Crippen molar-refractivity contribution >= 4 is 40.7 Å². The van der Waals surface area contributed by atoms with Gasteiger partial charge in [0.15, 0.2) is 0 Å². The van der Waals surface area contributed by atoms with E-state index in [4.69, 9.17) is 16.3 Å². The predicted octanol–water partition coefficient (Wildman–Crippen LogP) is 3.40. The lowest BCUT2D eigenvalue weighted by Gasteiger charge is -2.36. The summed E-state index contributed by atoms with van der Waals surface area (Å²) in [6.07, 6.45) is 1.66. The van der Waals surface area contributed by atoms with Gasteiger partial charge in [-0.05, 0) is 50.4 Å². The molecule has 2 aromatic carbocycles. The first-order valence-electron chi connectivity index (χ1n) is 11.2. The summed E-state index contributed by atoms with van der Waals surface area (Å²) >= 11 is 6.27. The van der Waals surface area contributed by atoms with Crippen molar-refractivity contribution in [1.29, 1.82) is 0 Å². The van der Waals surface area contributed by atoms with E-state index in [0.29, 0.717) is 23.0 Å². The maximum absolute atomic E-state index is 14.1. The Kier molecular flexibility index (Phi) is 4.27. The maximum Gasteiger partial charge on any atom is 0.250 e. The molecular weight excluding hydrogens is 442 g/mol. The number of imide groups is 1. The fourth-order valence-corrected chi connectivity index (χ4v) is 6.75. The summed E-state index contributed by atoms with van der Waals surface area (Å²) in [5.41, 5.74) is 2.44. The van der Waals surface area contributed by atoms with Gasteiger partial charge in [0.25, 0.3) is 0 Å². The van der Waals surface area contributed by atoms with Crippen molar-refractivity contribution in [3.8, 4) is 5.75 Å². The molecule has 0 bridgehead atoms. The number of benzene rings is 2. The average molecular weight is 466 g/mol. The van der Waals surface area contributed by atoms with Gasteiger partial charge in [-0.25, -0.2) is 4.90 Å². The third-order valence-electron chi connectivity index (χ3n) is 7.94. The minimum Gasteiger partial charge on any atom is -0.495 e. The highest BCUT2D eigenvalue weighted by molar-refractivity contribution is 6.32. The van der Waals surface area contributed by atoms with Crippen molar-refractivity contribution in [3.63, 3.8) is 0 Å². The van der Waals surface area contributed by atoms with Crippen LogP contribution in [-0.4, -0.2) is 42.3 Å². The molecule has 1 spiro atoms. The number of rotatable bonds is 2. The van der Waals surface area contributed by atoms with Crippen molar-refractivity contribution in [3.05, 3.63) is 52.0 Å². The summed E-state index contributed by atoms with van der Waals surface area (Å²) < 4.78 is 5.49. The lowest BCUT2D eigenvalue weighted by Crippen LogP contribution is -2.54. The van der Waals surface area contributed by atoms with Crippen LogP contribution in [0, 0.1) is 25.7 Å². The van der Waals surface area contributed by atoms with Crippen LogP contribution in [0.2, 0.25) is 5.02 Å². The monoisotopic (exact) mass is 465 g/mol. The first kappa shape index (κ1) is 20.7. The predicted molar refractivity (Wildman–Crippen MR) is 123 cm³/mol. The molecule has 4 heterocycles. The number of fused-ring (bicyclic) bond motifs is 7. The molecule has 1 N–H and O–H groups in total. The van der Waals surface area contributed by atoms with E-state index in [1.807, 2.05) is 32.0 Å². The first-order chi connectivity index (χ1) is 15.8. The topological polar surface area (TPSA) is 78.9 Å². The highest BCUT2D eigenvalue weighted by Gasteiger charge is 2.74. The van der Waals surface area contributed by atoms with Gasteiger partial charge in [-0.3, -0.25) is 19.3 Å². The van der Waals surface area contributed by atoms with E-state index in [0.717, 1.165) is 35.2 Å². The molecule has 33 heavy (non-hydrogen) atoms. The zero-order valence-electron chi connectivity index (χ0n) is 18.6. The average Bonchev–Trinajstić information content (AvgIpc) is 3.49. The molecule has 7 nitrogen and oxygen atoms in total. The number of carbonyl (C=O) groups excluding carboxylic acids is 3. The summed E-state index contributed by atoms with van der Waals surface area (Å²) in [7, 11) is 1.49. The van der Waals surface area contributed by atoms with Crippen LogP contribution in [0.3, 0.4) is 0 Å². The normalized spacial score (nSPS) is 30.1. The Balaban J connectivity index is 1.57. The van der Waals surface area contributed by atoms with Crippen molar-refractivity contribution in [2.45, 2.75) is 38.3 Å². The number of methoxy groups -OCH3 is 1. The Hall–Kier alpha value is -2.90. The molecule has 0 unspecified atom stereocenters. The number of halogens is 1. The highest BCUT2D eigenvalue weighted by atomic mass is 35.5. The number of nitrogens with one attached hydrogen (secondary N) is 1. The Bertz CT molecular complexity index is 1260. The molecule has 4 atom stereocenters. The molecule has 3 amide bonds. The fraction of sp³-hybridized carbons (Fsp3) is 0.400. The molecule has 3 saturated heterocycles. The summed E-state index contributed by atoms with van der Waals surface area (Å²) in [6.45, 7) is 4.45. The number of carbonyl (C=O) groups is 3. The largest absolute Gasteiger partial charge is 0.495 e. The van der Waals surface area contributed by atoms with Crippen LogP contribution in [0.4, 0.5) is 11.4 Å². The SMILES string of the molecule is COc1cc(Cl)c(C)cc1N1C(=O)[C@H]2[C@@H](C1=O)[C@@]1(C(=O)Nc3c(C)cccc31)N1CCC[C@@H]21. The zero-order valence-corrected chi connectivity index (χ0v) is 19.4. The van der Waals surface area contributed by atoms with Crippen molar-refractivity contribution in [2.75, 3.05) is 23.9 Å². The number of hydrogen-bond acceptors (Lipinski definition) is 5. The number of nitrogens with zero attached hydrogens (tertiary/aromatic N) is 2. The molecule has 4 aliphatic heterocycles. The quantitative estimate of drug-likeness (QED) is 0.688. The van der Waals surface area contributed by atoms with Crippen molar-refractivity contribution in [2.24, 2.45) is 11.8 Å². The molecule has 0 radical (unpaired) electrons. The standard InChI is InChI=1S/C25H24ClN3O4/c1-12-6-4-7-14-21(12)27-24(32)25(14)20-19(16-8-5-9-28(16)25)22(30)29(23(20)31)17-10-13(2)15(26)11-18(17)33-3/h4,6-7,10-11,16,19-20H,5,8-9H2,1-3H3,(H,27,32)/t16-,19+,20-,25-/m0/s1. The molecular formula is C25H24ClN3O4. The summed E-state index contributed by atoms with van der Waals surface area (Å²) in [6, 6.07) is 8.96. The number of para-hydroxylation sites is 1. The Labute approximate surface area is 196 Å². The molecule has 0 saturated carbocycles. The number of anilines is 2. The van der Waals surface area contributed by atoms with Crippen LogP contribution in [0.25, 0.3) is 0 Å².